The van der Waals surface area contributed by atoms with E-state index in [1.54, 1.807) is 49.5 Å². The molecule has 10 heteroatoms. The molecular weight excluding hydrogens is 450 g/mol. The van der Waals surface area contributed by atoms with E-state index >= 15 is 0 Å². The first-order chi connectivity index (χ1) is 16.7. The number of amides is 2. The predicted octanol–water partition coefficient (Wildman–Crippen LogP) is 2.32. The van der Waals surface area contributed by atoms with Crippen LogP contribution in [0.25, 0.3) is 10.9 Å². The van der Waals surface area contributed by atoms with E-state index in [9.17, 15) is 19.5 Å². The molecule has 2 amide bonds. The Balaban J connectivity index is 1.53. The zero-order valence-electron chi connectivity index (χ0n) is 20.4. The topological polar surface area (TPSA) is 119 Å². The molecule has 3 aromatic rings. The zero-order valence-corrected chi connectivity index (χ0v) is 20.4. The molecule has 0 spiro atoms. The molecular formula is C25H31N5O5. The van der Waals surface area contributed by atoms with Crippen LogP contribution >= 0.6 is 0 Å². The number of rotatable bonds is 6. The van der Waals surface area contributed by atoms with Crippen molar-refractivity contribution >= 4 is 28.4 Å². The van der Waals surface area contributed by atoms with Gasteiger partial charge in [-0.15, -0.1) is 0 Å². The molecule has 1 aliphatic rings. The lowest BCUT2D eigenvalue weighted by Crippen LogP contribution is -2.43. The number of fused-ring (bicyclic) bond motifs is 1. The maximum absolute atomic E-state index is 13.0. The molecule has 35 heavy (non-hydrogen) atoms. The predicted molar refractivity (Wildman–Crippen MR) is 132 cm³/mol. The summed E-state index contributed by atoms with van der Waals surface area (Å²) in [6.07, 6.45) is 5.87. The molecule has 2 N–H and O–H groups in total. The van der Waals surface area contributed by atoms with E-state index in [0.717, 1.165) is 31.1 Å². The average Bonchev–Trinajstić information content (AvgIpc) is 3.28. The van der Waals surface area contributed by atoms with Gasteiger partial charge in [0.1, 0.15) is 17.5 Å². The highest BCUT2D eigenvalue weighted by atomic mass is 16.5. The molecule has 2 heterocycles. The summed E-state index contributed by atoms with van der Waals surface area (Å²) < 4.78 is 8.77. The van der Waals surface area contributed by atoms with Gasteiger partial charge in [0.2, 0.25) is 0 Å². The van der Waals surface area contributed by atoms with E-state index in [-0.39, 0.29) is 29.2 Å². The molecule has 4 rings (SSSR count). The summed E-state index contributed by atoms with van der Waals surface area (Å²) in [5.41, 5.74) is 0.906. The molecule has 1 fully saturated rings. The standard InChI is InChI=1S/C25H31N5O5/c1-15(31)24(33)29(3)17-7-9-18(10-8-17)30-14-16-12-19(22(35-4)13-21(16)27-30)23(32)26-20-6-5-11-28(2)25(20)34/h5-6,11-15,17-18,31H,7-10H2,1-4H3,(H,26,32)/t15-,17-,18-/m1/s1. The van der Waals surface area contributed by atoms with Gasteiger partial charge in [0.05, 0.1) is 24.2 Å². The molecule has 0 radical (unpaired) electrons. The summed E-state index contributed by atoms with van der Waals surface area (Å²) in [6.45, 7) is 1.49. The summed E-state index contributed by atoms with van der Waals surface area (Å²) in [5, 5.41) is 17.8. The number of aliphatic hydroxyl groups is 1. The lowest BCUT2D eigenvalue weighted by atomic mass is 9.90. The van der Waals surface area contributed by atoms with Crippen molar-refractivity contribution in [1.29, 1.82) is 0 Å². The van der Waals surface area contributed by atoms with Gasteiger partial charge in [-0.3, -0.25) is 19.1 Å². The number of nitrogens with one attached hydrogen (secondary N) is 1. The van der Waals surface area contributed by atoms with Crippen LogP contribution < -0.4 is 15.6 Å². The number of aliphatic hydroxyl groups excluding tert-OH is 1. The van der Waals surface area contributed by atoms with Crippen molar-refractivity contribution < 1.29 is 19.4 Å². The molecule has 0 saturated heterocycles. The largest absolute Gasteiger partial charge is 0.496 e. The Morgan fingerprint density at radius 1 is 1.26 bits per heavy atom. The molecule has 1 aliphatic carbocycles. The molecule has 0 unspecified atom stereocenters. The fourth-order valence-corrected chi connectivity index (χ4v) is 4.67. The number of pyridine rings is 1. The number of methoxy groups -OCH3 is 1. The Bertz CT molecular complexity index is 1300. The summed E-state index contributed by atoms with van der Waals surface area (Å²) >= 11 is 0. The number of benzene rings is 1. The third-order valence-corrected chi connectivity index (χ3v) is 6.75. The number of aromatic nitrogens is 3. The van der Waals surface area contributed by atoms with Crippen molar-refractivity contribution in [2.24, 2.45) is 7.05 Å². The Kier molecular flexibility index (Phi) is 6.93. The average molecular weight is 482 g/mol. The minimum atomic E-state index is -1.000. The van der Waals surface area contributed by atoms with Gasteiger partial charge >= 0.3 is 0 Å². The number of hydrogen-bond acceptors (Lipinski definition) is 6. The van der Waals surface area contributed by atoms with Gasteiger partial charge in [0, 0.05) is 44.0 Å². The highest BCUT2D eigenvalue weighted by Crippen LogP contribution is 2.33. The van der Waals surface area contributed by atoms with Gasteiger partial charge < -0.3 is 24.6 Å². The van der Waals surface area contributed by atoms with Crippen molar-refractivity contribution in [3.63, 3.8) is 0 Å². The number of hydrogen-bond donors (Lipinski definition) is 2. The first-order valence-corrected chi connectivity index (χ1v) is 11.7. The van der Waals surface area contributed by atoms with Gasteiger partial charge in [0.15, 0.2) is 0 Å². The van der Waals surface area contributed by atoms with Crippen LogP contribution in [0.2, 0.25) is 0 Å². The lowest BCUT2D eigenvalue weighted by Gasteiger charge is -2.35. The number of carbonyl (C=O) groups excluding carboxylic acids is 2. The first kappa shape index (κ1) is 24.5. The van der Waals surface area contributed by atoms with Crippen molar-refractivity contribution in [2.45, 2.75) is 50.8 Å². The molecule has 0 aliphatic heterocycles. The SMILES string of the molecule is COc1cc2nn([C@H]3CC[C@H](N(C)C(=O)[C@@H](C)O)CC3)cc2cc1C(=O)Nc1cccn(C)c1=O. The van der Waals surface area contributed by atoms with Gasteiger partial charge in [-0.1, -0.05) is 0 Å². The number of anilines is 1. The van der Waals surface area contributed by atoms with Gasteiger partial charge in [-0.2, -0.15) is 5.10 Å². The van der Waals surface area contributed by atoms with Crippen LogP contribution in [0.4, 0.5) is 5.69 Å². The second kappa shape index (κ2) is 9.91. The minimum absolute atomic E-state index is 0.0967. The van der Waals surface area contributed by atoms with Crippen LogP contribution in [0.3, 0.4) is 0 Å². The zero-order chi connectivity index (χ0) is 25.3. The Hall–Kier alpha value is -3.66. The monoisotopic (exact) mass is 481 g/mol. The number of ether oxygens (including phenoxy) is 1. The number of nitrogens with zero attached hydrogens (tertiary/aromatic N) is 4. The Labute approximate surface area is 203 Å². The normalized spacial score (nSPS) is 18.8. The second-order valence-electron chi connectivity index (χ2n) is 9.10. The fourth-order valence-electron chi connectivity index (χ4n) is 4.67. The maximum atomic E-state index is 13.0. The number of aryl methyl sites for hydroxylation is 1. The lowest BCUT2D eigenvalue weighted by molar-refractivity contribution is -0.140. The summed E-state index contributed by atoms with van der Waals surface area (Å²) in [4.78, 5) is 39.0. The Morgan fingerprint density at radius 2 is 1.97 bits per heavy atom. The van der Waals surface area contributed by atoms with Crippen LogP contribution in [-0.4, -0.2) is 62.5 Å². The van der Waals surface area contributed by atoms with E-state index in [1.165, 1.54) is 18.6 Å². The van der Waals surface area contributed by atoms with Crippen LogP contribution in [0.5, 0.6) is 5.75 Å². The van der Waals surface area contributed by atoms with Crippen molar-refractivity contribution in [2.75, 3.05) is 19.5 Å². The van der Waals surface area contributed by atoms with Crippen LogP contribution in [0.15, 0.2) is 41.5 Å². The van der Waals surface area contributed by atoms with Gasteiger partial charge in [-0.05, 0) is 50.8 Å². The molecule has 0 bridgehead atoms. The van der Waals surface area contributed by atoms with Crippen LogP contribution in [-0.2, 0) is 11.8 Å². The second-order valence-corrected chi connectivity index (χ2v) is 9.10. The van der Waals surface area contributed by atoms with E-state index in [4.69, 9.17) is 9.84 Å². The fraction of sp³-hybridized carbons (Fsp3) is 0.440. The van der Waals surface area contributed by atoms with E-state index in [0.29, 0.717) is 16.8 Å². The summed E-state index contributed by atoms with van der Waals surface area (Å²) in [5.74, 6) is -0.328. The summed E-state index contributed by atoms with van der Waals surface area (Å²) in [7, 11) is 4.85. The van der Waals surface area contributed by atoms with Crippen molar-refractivity contribution in [3.8, 4) is 5.75 Å². The van der Waals surface area contributed by atoms with Crippen LogP contribution in [0, 0.1) is 0 Å². The number of carbonyl (C=O) groups is 2. The summed E-state index contributed by atoms with van der Waals surface area (Å²) in [6, 6.07) is 6.97. The molecule has 10 nitrogen and oxygen atoms in total. The molecule has 1 aromatic carbocycles. The third-order valence-electron chi connectivity index (χ3n) is 6.75. The van der Waals surface area contributed by atoms with Crippen molar-refractivity contribution in [1.82, 2.24) is 19.2 Å². The highest BCUT2D eigenvalue weighted by Gasteiger charge is 2.29. The molecule has 1 saturated carbocycles. The number of likely N-dealkylation sites (N-methyl/N-ethyl adjacent to an activating group) is 1. The van der Waals surface area contributed by atoms with E-state index in [1.807, 2.05) is 10.9 Å². The smallest absolute Gasteiger partial charge is 0.274 e. The van der Waals surface area contributed by atoms with Gasteiger partial charge in [0.25, 0.3) is 17.4 Å². The first-order valence-electron chi connectivity index (χ1n) is 11.7. The quantitative estimate of drug-likeness (QED) is 0.558. The van der Waals surface area contributed by atoms with E-state index < -0.39 is 12.0 Å². The van der Waals surface area contributed by atoms with Crippen LogP contribution in [0.1, 0.15) is 49.0 Å². The molecule has 2 aromatic heterocycles. The molecule has 186 valence electrons. The van der Waals surface area contributed by atoms with Crippen molar-refractivity contribution in [3.05, 3.63) is 52.6 Å². The van der Waals surface area contributed by atoms with Gasteiger partial charge in [-0.25, -0.2) is 0 Å². The maximum Gasteiger partial charge on any atom is 0.274 e. The third kappa shape index (κ3) is 4.93. The molecule has 1 atom stereocenters. The van der Waals surface area contributed by atoms with E-state index in [2.05, 4.69) is 5.32 Å². The Morgan fingerprint density at radius 3 is 2.63 bits per heavy atom. The highest BCUT2D eigenvalue weighted by molar-refractivity contribution is 6.08. The minimum Gasteiger partial charge on any atom is -0.496 e.